The van der Waals surface area contributed by atoms with Gasteiger partial charge >= 0.3 is 0 Å². The molecule has 3 fully saturated rings. The van der Waals surface area contributed by atoms with Crippen molar-refractivity contribution < 1.29 is 0 Å². The third-order valence-electron chi connectivity index (χ3n) is 7.18. The Morgan fingerprint density at radius 1 is 1.12 bits per heavy atom. The van der Waals surface area contributed by atoms with Gasteiger partial charge in [0.15, 0.2) is 0 Å². The molecule has 3 aliphatic heterocycles. The molecule has 4 aromatic rings. The van der Waals surface area contributed by atoms with Crippen LogP contribution in [-0.2, 0) is 0 Å². The first-order chi connectivity index (χ1) is 16.0. The highest BCUT2D eigenvalue weighted by Crippen LogP contribution is 2.37. The summed E-state index contributed by atoms with van der Waals surface area (Å²) in [6.07, 6.45) is 2.42. The minimum absolute atomic E-state index is 0.128. The highest BCUT2D eigenvalue weighted by atomic mass is 127. The van der Waals surface area contributed by atoms with Gasteiger partial charge in [-0.1, -0.05) is 12.1 Å². The molecule has 3 saturated heterocycles. The van der Waals surface area contributed by atoms with E-state index >= 15 is 0 Å². The molecule has 8 heteroatoms. The molecule has 3 N–H and O–H groups in total. The molecule has 0 unspecified atom stereocenters. The van der Waals surface area contributed by atoms with E-state index in [1.54, 1.807) is 0 Å². The molecule has 3 aliphatic rings. The number of halogens is 1. The predicted molar refractivity (Wildman–Crippen MR) is 143 cm³/mol. The van der Waals surface area contributed by atoms with Crippen molar-refractivity contribution in [1.29, 1.82) is 0 Å². The summed E-state index contributed by atoms with van der Waals surface area (Å²) in [5, 5.41) is 4.87. The van der Waals surface area contributed by atoms with Gasteiger partial charge in [0.05, 0.1) is 27.9 Å². The lowest BCUT2D eigenvalue weighted by Crippen LogP contribution is -2.53. The van der Waals surface area contributed by atoms with Crippen LogP contribution in [0.3, 0.4) is 0 Å². The van der Waals surface area contributed by atoms with Gasteiger partial charge in [-0.3, -0.25) is 4.79 Å². The lowest BCUT2D eigenvalue weighted by atomic mass is 9.83. The molecule has 0 saturated carbocycles. The number of rotatable bonds is 4. The number of benzene rings is 2. The molecule has 0 aliphatic carbocycles. The quantitative estimate of drug-likeness (QED) is 0.329. The maximum Gasteiger partial charge on any atom is 0.261 e. The molecule has 0 amide bonds. The second-order valence-electron chi connectivity index (χ2n) is 9.44. The van der Waals surface area contributed by atoms with Crippen LogP contribution in [0.2, 0.25) is 0 Å². The second-order valence-corrected chi connectivity index (χ2v) is 10.6. The first kappa shape index (κ1) is 21.0. The zero-order chi connectivity index (χ0) is 22.7. The number of nitrogens with one attached hydrogen (secondary N) is 3. The van der Waals surface area contributed by atoms with Gasteiger partial charge < -0.3 is 25.1 Å². The van der Waals surface area contributed by atoms with Crippen LogP contribution < -0.4 is 15.8 Å². The van der Waals surface area contributed by atoms with E-state index in [-0.39, 0.29) is 5.56 Å². The number of hydrogen-bond donors (Lipinski definition) is 3. The number of piperidine rings is 3. The van der Waals surface area contributed by atoms with E-state index in [1.807, 2.05) is 38.4 Å². The zero-order valence-electron chi connectivity index (χ0n) is 18.8. The maximum absolute atomic E-state index is 13.5. The standard InChI is InChI=1S/C25H27IN6O/c1-31(2)21-12-19-15(11-16(21)26)23(27-20-13-32-9-7-14(20)8-10-32)22(25(33)30-19)24-28-17-5-3-4-6-18(17)29-24/h3-6,11-12,14,20H,7-10,13H2,1-2H3,(H,28,29)(H2,27,30,33)/t20-/m0/s1. The van der Waals surface area contributed by atoms with Crippen molar-refractivity contribution in [3.63, 3.8) is 0 Å². The Bertz CT molecular complexity index is 1380. The van der Waals surface area contributed by atoms with Crippen LogP contribution in [0.5, 0.6) is 0 Å². The summed E-state index contributed by atoms with van der Waals surface area (Å²) >= 11 is 2.38. The van der Waals surface area contributed by atoms with Crippen molar-refractivity contribution in [3.05, 3.63) is 50.3 Å². The maximum atomic E-state index is 13.5. The van der Waals surface area contributed by atoms with Gasteiger partial charge in [-0.15, -0.1) is 0 Å². The summed E-state index contributed by atoms with van der Waals surface area (Å²) in [6.45, 7) is 3.38. The van der Waals surface area contributed by atoms with Crippen molar-refractivity contribution in [2.24, 2.45) is 5.92 Å². The van der Waals surface area contributed by atoms with E-state index in [2.05, 4.69) is 59.8 Å². The third-order valence-corrected chi connectivity index (χ3v) is 8.04. The first-order valence-electron chi connectivity index (χ1n) is 11.5. The number of H-pyrrole nitrogens is 2. The van der Waals surface area contributed by atoms with Gasteiger partial charge in [-0.2, -0.15) is 0 Å². The number of imidazole rings is 1. The number of pyridine rings is 1. The fourth-order valence-electron chi connectivity index (χ4n) is 5.41. The normalized spacial score (nSPS) is 22.2. The Morgan fingerprint density at radius 3 is 2.61 bits per heavy atom. The zero-order valence-corrected chi connectivity index (χ0v) is 20.9. The summed E-state index contributed by atoms with van der Waals surface area (Å²) in [5.41, 5.74) is 5.06. The summed E-state index contributed by atoms with van der Waals surface area (Å²) in [7, 11) is 4.05. The van der Waals surface area contributed by atoms with E-state index in [0.29, 0.717) is 23.3 Å². The average molecular weight is 554 g/mol. The van der Waals surface area contributed by atoms with Crippen LogP contribution in [0.25, 0.3) is 33.3 Å². The Balaban J connectivity index is 1.58. The topological polar surface area (TPSA) is 80.0 Å². The van der Waals surface area contributed by atoms with Gasteiger partial charge in [0.25, 0.3) is 5.56 Å². The number of fused-ring (bicyclic) bond motifs is 5. The average Bonchev–Trinajstić information content (AvgIpc) is 3.23. The molecule has 33 heavy (non-hydrogen) atoms. The Kier molecular flexibility index (Phi) is 5.10. The van der Waals surface area contributed by atoms with Crippen LogP contribution in [0.1, 0.15) is 12.8 Å². The van der Waals surface area contributed by atoms with Gasteiger partial charge in [-0.25, -0.2) is 4.98 Å². The smallest absolute Gasteiger partial charge is 0.261 e. The van der Waals surface area contributed by atoms with Crippen LogP contribution in [0.4, 0.5) is 11.4 Å². The minimum atomic E-state index is -0.128. The third kappa shape index (κ3) is 3.59. The van der Waals surface area contributed by atoms with E-state index in [1.165, 1.54) is 25.9 Å². The largest absolute Gasteiger partial charge is 0.379 e. The van der Waals surface area contributed by atoms with E-state index < -0.39 is 0 Å². The first-order valence-corrected chi connectivity index (χ1v) is 12.6. The molecule has 1 atom stereocenters. The fraction of sp³-hybridized carbons (Fsp3) is 0.360. The number of aromatic amines is 2. The van der Waals surface area contributed by atoms with Gasteiger partial charge in [0, 0.05) is 35.6 Å². The number of anilines is 2. The minimum Gasteiger partial charge on any atom is -0.379 e. The Hall–Kier alpha value is -2.59. The number of hydrogen-bond acceptors (Lipinski definition) is 5. The molecule has 7 nitrogen and oxygen atoms in total. The van der Waals surface area contributed by atoms with E-state index in [4.69, 9.17) is 4.98 Å². The molecule has 170 valence electrons. The van der Waals surface area contributed by atoms with Crippen molar-refractivity contribution in [3.8, 4) is 11.4 Å². The van der Waals surface area contributed by atoms with Crippen molar-refractivity contribution in [2.75, 3.05) is 43.9 Å². The highest BCUT2D eigenvalue weighted by Gasteiger charge is 2.35. The molecule has 2 bridgehead atoms. The predicted octanol–water partition coefficient (Wildman–Crippen LogP) is 4.25. The highest BCUT2D eigenvalue weighted by molar-refractivity contribution is 14.1. The van der Waals surface area contributed by atoms with E-state index in [0.717, 1.165) is 43.4 Å². The van der Waals surface area contributed by atoms with Crippen molar-refractivity contribution in [1.82, 2.24) is 19.9 Å². The van der Waals surface area contributed by atoms with Crippen molar-refractivity contribution >= 4 is 55.9 Å². The summed E-state index contributed by atoms with van der Waals surface area (Å²) in [4.78, 5) is 29.4. The molecule has 7 rings (SSSR count). The molecule has 2 aromatic heterocycles. The SMILES string of the molecule is CN(C)c1cc2[nH]c(=O)c(-c3nc4ccccc4[nH]3)c(N[C@H]3CN4CCC3CC4)c2cc1I. The fourth-order valence-corrected chi connectivity index (χ4v) is 6.36. The molecular formula is C25H27IN6O. The summed E-state index contributed by atoms with van der Waals surface area (Å²) < 4.78 is 1.14. The summed E-state index contributed by atoms with van der Waals surface area (Å²) in [6, 6.07) is 12.5. The van der Waals surface area contributed by atoms with Crippen LogP contribution in [0, 0.1) is 9.49 Å². The molecular weight excluding hydrogens is 527 g/mol. The summed E-state index contributed by atoms with van der Waals surface area (Å²) in [5.74, 6) is 1.24. The number of para-hydroxylation sites is 2. The lowest BCUT2D eigenvalue weighted by Gasteiger charge is -2.45. The Morgan fingerprint density at radius 2 is 1.91 bits per heavy atom. The molecule has 2 aromatic carbocycles. The van der Waals surface area contributed by atoms with Gasteiger partial charge in [-0.05, 0) is 78.7 Å². The van der Waals surface area contributed by atoms with Crippen molar-refractivity contribution in [2.45, 2.75) is 18.9 Å². The molecule has 5 heterocycles. The monoisotopic (exact) mass is 554 g/mol. The van der Waals surface area contributed by atoms with E-state index in [9.17, 15) is 4.79 Å². The van der Waals surface area contributed by atoms with Gasteiger partial charge in [0.2, 0.25) is 0 Å². The molecule has 0 radical (unpaired) electrons. The van der Waals surface area contributed by atoms with Crippen LogP contribution >= 0.6 is 22.6 Å². The number of nitrogens with zero attached hydrogens (tertiary/aromatic N) is 3. The molecule has 0 spiro atoms. The van der Waals surface area contributed by atoms with Crippen LogP contribution in [-0.4, -0.2) is 59.6 Å². The van der Waals surface area contributed by atoms with Gasteiger partial charge in [0.1, 0.15) is 11.4 Å². The second kappa shape index (κ2) is 8.02. The lowest BCUT2D eigenvalue weighted by molar-refractivity contribution is 0.0976. The number of aromatic nitrogens is 3. The van der Waals surface area contributed by atoms with Crippen LogP contribution in [0.15, 0.2) is 41.2 Å². The Labute approximate surface area is 205 Å².